The number of hydrogen-bond acceptors (Lipinski definition) is 6. The van der Waals surface area contributed by atoms with Crippen LogP contribution in [0.25, 0.3) is 0 Å². The molecule has 0 radical (unpaired) electrons. The third-order valence-corrected chi connectivity index (χ3v) is 3.60. The zero-order valence-corrected chi connectivity index (χ0v) is 16.4. The van der Waals surface area contributed by atoms with Crippen molar-refractivity contribution in [2.75, 3.05) is 39.3 Å². The number of rotatable bonds is 17. The minimum absolute atomic E-state index is 0.0894. The highest BCUT2D eigenvalue weighted by Gasteiger charge is 2.06. The molecule has 0 aromatic carbocycles. The lowest BCUT2D eigenvalue weighted by atomic mass is 10.2. The summed E-state index contributed by atoms with van der Waals surface area (Å²) in [5.41, 5.74) is 10.4. The van der Waals surface area contributed by atoms with E-state index in [0.29, 0.717) is 32.7 Å². The first-order valence-corrected chi connectivity index (χ1v) is 9.57. The quantitative estimate of drug-likeness (QED) is 0.107. The minimum atomic E-state index is -0.833. The first-order valence-electron chi connectivity index (χ1n) is 9.57. The van der Waals surface area contributed by atoms with Gasteiger partial charge in [0.2, 0.25) is 0 Å². The van der Waals surface area contributed by atoms with Crippen LogP contribution in [-0.2, 0) is 14.3 Å². The molecule has 0 unspecified atom stereocenters. The lowest BCUT2D eigenvalue weighted by Gasteiger charge is -2.08. The molecule has 0 aliphatic rings. The van der Waals surface area contributed by atoms with Crippen LogP contribution in [0.5, 0.6) is 0 Å². The molecule has 0 rings (SSSR count). The lowest BCUT2D eigenvalue weighted by Crippen LogP contribution is -2.33. The third kappa shape index (κ3) is 19.8. The molecule has 0 aliphatic carbocycles. The molecule has 162 valence electrons. The third-order valence-electron chi connectivity index (χ3n) is 3.60. The highest BCUT2D eigenvalue weighted by atomic mass is 16.6. The summed E-state index contributed by atoms with van der Waals surface area (Å²) >= 11 is 0. The first kappa shape index (κ1) is 25.4. The summed E-state index contributed by atoms with van der Waals surface area (Å²) in [6.07, 6.45) is 4.64. The molecule has 0 aromatic heterocycles. The number of carbonyl (C=O) groups is 3. The predicted molar refractivity (Wildman–Crippen MR) is 106 cm³/mol. The molecule has 0 heterocycles. The van der Waals surface area contributed by atoms with Crippen molar-refractivity contribution in [2.45, 2.75) is 44.9 Å². The Balaban J connectivity index is 3.40. The van der Waals surface area contributed by atoms with Crippen molar-refractivity contribution in [1.82, 2.24) is 16.0 Å². The van der Waals surface area contributed by atoms with Crippen molar-refractivity contribution in [2.24, 2.45) is 16.5 Å². The highest BCUT2D eigenvalue weighted by molar-refractivity contribution is 5.80. The van der Waals surface area contributed by atoms with Gasteiger partial charge in [0.15, 0.2) is 12.6 Å². The number of nitrogens with two attached hydrogens (primary N) is 2. The van der Waals surface area contributed by atoms with E-state index in [0.717, 1.165) is 38.5 Å². The number of carboxylic acid groups (broad SMARTS) is 1. The molecular weight excluding hydrogens is 368 g/mol. The highest BCUT2D eigenvalue weighted by Crippen LogP contribution is 1.99. The Labute approximate surface area is 165 Å². The van der Waals surface area contributed by atoms with E-state index in [9.17, 15) is 14.4 Å². The molecule has 0 saturated carbocycles. The maximum Gasteiger partial charge on any atom is 0.407 e. The van der Waals surface area contributed by atoms with Gasteiger partial charge >= 0.3 is 12.1 Å². The number of guanidine groups is 1. The smallest absolute Gasteiger partial charge is 0.407 e. The van der Waals surface area contributed by atoms with Gasteiger partial charge in [-0.25, -0.2) is 4.79 Å². The summed E-state index contributed by atoms with van der Waals surface area (Å²) in [5.74, 6) is -1.07. The van der Waals surface area contributed by atoms with Gasteiger partial charge in [0.25, 0.3) is 5.91 Å². The average molecular weight is 402 g/mol. The van der Waals surface area contributed by atoms with E-state index < -0.39 is 12.1 Å². The van der Waals surface area contributed by atoms with E-state index in [1.165, 1.54) is 0 Å². The number of ether oxygens (including phenoxy) is 1. The first-order chi connectivity index (χ1) is 13.4. The summed E-state index contributed by atoms with van der Waals surface area (Å²) in [5, 5.41) is 16.7. The molecule has 2 amide bonds. The number of unbranched alkanes of at least 4 members (excludes halogenated alkanes) is 4. The number of aliphatic carboxylic acids is 1. The van der Waals surface area contributed by atoms with Gasteiger partial charge in [-0.05, 0) is 32.2 Å². The average Bonchev–Trinajstić information content (AvgIpc) is 2.63. The standard InChI is InChI=1S/C17H34N6O5/c18-16(19)22-10-4-2-1-3-9-21-14(24)13-28-17(27)23-11-6-5-8-20-12-7-15(25)26/h20H,1-13H2,(H,21,24)(H,23,27)(H,25,26)(H4,18,19,22). The Hall–Kier alpha value is -2.56. The van der Waals surface area contributed by atoms with Gasteiger partial charge in [-0.15, -0.1) is 0 Å². The number of nitrogens with zero attached hydrogens (tertiary/aromatic N) is 1. The van der Waals surface area contributed by atoms with Gasteiger partial charge in [0.1, 0.15) is 0 Å². The molecule has 0 aromatic rings. The van der Waals surface area contributed by atoms with E-state index in [1.54, 1.807) is 0 Å². The summed E-state index contributed by atoms with van der Waals surface area (Å²) in [4.78, 5) is 37.2. The molecule has 0 saturated heterocycles. The number of alkyl carbamates (subject to hydrolysis) is 1. The van der Waals surface area contributed by atoms with Crippen LogP contribution >= 0.6 is 0 Å². The van der Waals surface area contributed by atoms with Crippen molar-refractivity contribution >= 4 is 23.9 Å². The van der Waals surface area contributed by atoms with Crippen LogP contribution in [-0.4, -0.2) is 68.4 Å². The van der Waals surface area contributed by atoms with Gasteiger partial charge in [-0.3, -0.25) is 14.6 Å². The van der Waals surface area contributed by atoms with Gasteiger partial charge in [-0.1, -0.05) is 12.8 Å². The van der Waals surface area contributed by atoms with Crippen molar-refractivity contribution < 1.29 is 24.2 Å². The maximum atomic E-state index is 11.6. The van der Waals surface area contributed by atoms with Crippen molar-refractivity contribution in [3.05, 3.63) is 0 Å². The Bertz CT molecular complexity index is 483. The van der Waals surface area contributed by atoms with Gasteiger partial charge in [0, 0.05) is 26.2 Å². The lowest BCUT2D eigenvalue weighted by molar-refractivity contribution is -0.136. The minimum Gasteiger partial charge on any atom is -0.481 e. The van der Waals surface area contributed by atoms with Crippen molar-refractivity contribution in [1.29, 1.82) is 0 Å². The fraction of sp³-hybridized carbons (Fsp3) is 0.765. The number of hydrogen-bond donors (Lipinski definition) is 6. The second-order valence-electron chi connectivity index (χ2n) is 6.17. The molecule has 11 nitrogen and oxygen atoms in total. The van der Waals surface area contributed by atoms with Gasteiger partial charge in [-0.2, -0.15) is 0 Å². The number of nitrogens with one attached hydrogen (secondary N) is 3. The predicted octanol–water partition coefficient (Wildman–Crippen LogP) is -0.493. The summed E-state index contributed by atoms with van der Waals surface area (Å²) in [6, 6.07) is 0. The molecule has 8 N–H and O–H groups in total. The zero-order valence-electron chi connectivity index (χ0n) is 16.4. The number of aliphatic imine (C=N–C) groups is 1. The normalized spacial score (nSPS) is 10.1. The molecule has 28 heavy (non-hydrogen) atoms. The van der Waals surface area contributed by atoms with Gasteiger partial charge < -0.3 is 37.3 Å². The molecule has 11 heteroatoms. The topological polar surface area (TPSA) is 181 Å². The molecule has 0 bridgehead atoms. The SMILES string of the molecule is NC(N)=NCCCCCCNC(=O)COC(=O)NCCCCNCCC(=O)O. The summed E-state index contributed by atoms with van der Waals surface area (Å²) < 4.78 is 4.83. The summed E-state index contributed by atoms with van der Waals surface area (Å²) in [6.45, 7) is 2.37. The fourth-order valence-electron chi connectivity index (χ4n) is 2.15. The van der Waals surface area contributed by atoms with Gasteiger partial charge in [0.05, 0.1) is 6.42 Å². The number of amides is 2. The van der Waals surface area contributed by atoms with Crippen LogP contribution in [0.2, 0.25) is 0 Å². The largest absolute Gasteiger partial charge is 0.481 e. The summed E-state index contributed by atoms with van der Waals surface area (Å²) in [7, 11) is 0. The molecule has 0 spiro atoms. The monoisotopic (exact) mass is 402 g/mol. The van der Waals surface area contributed by atoms with Crippen LogP contribution in [0.15, 0.2) is 4.99 Å². The van der Waals surface area contributed by atoms with Crippen LogP contribution in [0.4, 0.5) is 4.79 Å². The molecule has 0 aliphatic heterocycles. The Morgan fingerprint density at radius 1 is 0.857 bits per heavy atom. The van der Waals surface area contributed by atoms with Crippen LogP contribution < -0.4 is 27.4 Å². The van der Waals surface area contributed by atoms with Crippen LogP contribution in [0.3, 0.4) is 0 Å². The Kier molecular flexibility index (Phi) is 16.2. The van der Waals surface area contributed by atoms with E-state index in [1.807, 2.05) is 0 Å². The molecule has 0 atom stereocenters. The van der Waals surface area contributed by atoms with E-state index in [-0.39, 0.29) is 24.9 Å². The van der Waals surface area contributed by atoms with E-state index in [2.05, 4.69) is 20.9 Å². The number of carboxylic acids is 1. The fourth-order valence-corrected chi connectivity index (χ4v) is 2.15. The van der Waals surface area contributed by atoms with Crippen LogP contribution in [0, 0.1) is 0 Å². The Morgan fingerprint density at radius 2 is 1.50 bits per heavy atom. The second kappa shape index (κ2) is 17.8. The second-order valence-corrected chi connectivity index (χ2v) is 6.17. The number of carbonyl (C=O) groups excluding carboxylic acids is 2. The maximum absolute atomic E-state index is 11.6. The molecular formula is C17H34N6O5. The zero-order chi connectivity index (χ0) is 21.0. The van der Waals surface area contributed by atoms with Crippen molar-refractivity contribution in [3.8, 4) is 0 Å². The van der Waals surface area contributed by atoms with E-state index in [4.69, 9.17) is 21.3 Å². The Morgan fingerprint density at radius 3 is 2.21 bits per heavy atom. The van der Waals surface area contributed by atoms with Crippen LogP contribution in [0.1, 0.15) is 44.9 Å². The van der Waals surface area contributed by atoms with Crippen molar-refractivity contribution in [3.63, 3.8) is 0 Å². The van der Waals surface area contributed by atoms with E-state index >= 15 is 0 Å². The molecule has 0 fully saturated rings.